The molecule has 4 heterocycles. The number of nitrogens with zero attached hydrogens (tertiary/aromatic N) is 4. The molecule has 9 nitrogen and oxygen atoms in total. The van der Waals surface area contributed by atoms with Crippen LogP contribution in [-0.2, 0) is 0 Å². The third-order valence-corrected chi connectivity index (χ3v) is 6.15. The van der Waals surface area contributed by atoms with E-state index in [1.54, 1.807) is 35.5 Å². The van der Waals surface area contributed by atoms with E-state index < -0.39 is 0 Å². The minimum atomic E-state index is -0.286. The average molecular weight is 444 g/mol. The molecule has 1 aromatic carbocycles. The summed E-state index contributed by atoms with van der Waals surface area (Å²) in [6, 6.07) is 8.74. The van der Waals surface area contributed by atoms with Gasteiger partial charge in [0, 0.05) is 54.4 Å². The van der Waals surface area contributed by atoms with E-state index in [2.05, 4.69) is 20.2 Å². The molecule has 168 valence electrons. The van der Waals surface area contributed by atoms with Gasteiger partial charge in [0.15, 0.2) is 0 Å². The Labute approximate surface area is 189 Å². The Bertz CT molecular complexity index is 1420. The lowest BCUT2D eigenvalue weighted by atomic mass is 10.1. The van der Waals surface area contributed by atoms with E-state index in [-0.39, 0.29) is 29.3 Å². The Balaban J connectivity index is 1.39. The van der Waals surface area contributed by atoms with Crippen molar-refractivity contribution in [3.8, 4) is 0 Å². The Morgan fingerprint density at radius 3 is 2.64 bits per heavy atom. The van der Waals surface area contributed by atoms with Crippen molar-refractivity contribution < 1.29 is 9.59 Å². The average Bonchev–Trinajstić information content (AvgIpc) is 3.23. The van der Waals surface area contributed by atoms with Gasteiger partial charge in [-0.2, -0.15) is 5.10 Å². The highest BCUT2D eigenvalue weighted by Crippen LogP contribution is 2.21. The second-order valence-corrected chi connectivity index (χ2v) is 8.76. The minimum Gasteiger partial charge on any atom is -0.336 e. The third kappa shape index (κ3) is 3.86. The molecule has 5 rings (SSSR count). The molecule has 3 aromatic heterocycles. The molecule has 1 saturated heterocycles. The molecule has 0 radical (unpaired) electrons. The summed E-state index contributed by atoms with van der Waals surface area (Å²) in [5, 5.41) is 8.41. The van der Waals surface area contributed by atoms with Crippen molar-refractivity contribution >= 4 is 33.6 Å². The van der Waals surface area contributed by atoms with Crippen LogP contribution in [0.4, 0.5) is 0 Å². The molecule has 2 N–H and O–H groups in total. The van der Waals surface area contributed by atoms with Crippen LogP contribution in [0.2, 0.25) is 0 Å². The molecule has 0 spiro atoms. The number of carbonyl (C=O) groups is 2. The van der Waals surface area contributed by atoms with Crippen LogP contribution >= 0.6 is 0 Å². The van der Waals surface area contributed by atoms with Gasteiger partial charge in [0.2, 0.25) is 0 Å². The van der Waals surface area contributed by atoms with E-state index in [0.29, 0.717) is 41.7 Å². The van der Waals surface area contributed by atoms with Gasteiger partial charge in [0.1, 0.15) is 5.52 Å². The number of nitrogens with one attached hydrogen (secondary N) is 2. The van der Waals surface area contributed by atoms with Crippen molar-refractivity contribution in [3.63, 3.8) is 0 Å². The SMILES string of the molecule is CC1CN(C(=O)c2ccc3[nH]ncc3c2)CC(C)N(C(=O)c2cnc3c(=O)[nH]ccc3c2)C1. The summed E-state index contributed by atoms with van der Waals surface area (Å²) in [7, 11) is 0. The van der Waals surface area contributed by atoms with Crippen molar-refractivity contribution in [2.24, 2.45) is 5.92 Å². The largest absolute Gasteiger partial charge is 0.336 e. The zero-order chi connectivity index (χ0) is 23.1. The lowest BCUT2D eigenvalue weighted by Gasteiger charge is -2.29. The molecule has 2 unspecified atom stereocenters. The van der Waals surface area contributed by atoms with Gasteiger partial charge in [-0.05, 0) is 43.2 Å². The number of fused-ring (bicyclic) bond motifs is 2. The fourth-order valence-corrected chi connectivity index (χ4v) is 4.51. The summed E-state index contributed by atoms with van der Waals surface area (Å²) >= 11 is 0. The molecule has 33 heavy (non-hydrogen) atoms. The van der Waals surface area contributed by atoms with Crippen molar-refractivity contribution in [1.82, 2.24) is 30.0 Å². The molecular weight excluding hydrogens is 420 g/mol. The van der Waals surface area contributed by atoms with Crippen LogP contribution in [0.3, 0.4) is 0 Å². The van der Waals surface area contributed by atoms with Crippen LogP contribution in [0.1, 0.15) is 34.6 Å². The summed E-state index contributed by atoms with van der Waals surface area (Å²) in [5.41, 5.74) is 1.93. The highest BCUT2D eigenvalue weighted by atomic mass is 16.2. The van der Waals surface area contributed by atoms with E-state index in [9.17, 15) is 14.4 Å². The molecule has 0 aliphatic carbocycles. The zero-order valence-corrected chi connectivity index (χ0v) is 18.4. The van der Waals surface area contributed by atoms with Crippen molar-refractivity contribution in [2.45, 2.75) is 19.9 Å². The van der Waals surface area contributed by atoms with Crippen LogP contribution in [0, 0.1) is 5.92 Å². The van der Waals surface area contributed by atoms with Gasteiger partial charge >= 0.3 is 0 Å². The number of pyridine rings is 2. The molecule has 1 aliphatic heterocycles. The molecule has 1 aliphatic rings. The van der Waals surface area contributed by atoms with Crippen LogP contribution in [-0.4, -0.2) is 67.5 Å². The number of carbonyl (C=O) groups excluding carboxylic acids is 2. The Morgan fingerprint density at radius 1 is 0.970 bits per heavy atom. The summed E-state index contributed by atoms with van der Waals surface area (Å²) in [6.45, 7) is 5.50. The molecule has 4 aromatic rings. The maximum absolute atomic E-state index is 13.4. The van der Waals surface area contributed by atoms with E-state index in [0.717, 1.165) is 10.9 Å². The normalized spacial score (nSPS) is 19.1. The Kier molecular flexibility index (Phi) is 5.16. The molecule has 0 bridgehead atoms. The zero-order valence-electron chi connectivity index (χ0n) is 18.4. The predicted octanol–water partition coefficient (Wildman–Crippen LogP) is 2.42. The number of aromatic nitrogens is 4. The predicted molar refractivity (Wildman–Crippen MR) is 124 cm³/mol. The number of aromatic amines is 2. The number of rotatable bonds is 2. The third-order valence-electron chi connectivity index (χ3n) is 6.15. The number of hydrogen-bond donors (Lipinski definition) is 2. The first-order valence-electron chi connectivity index (χ1n) is 10.9. The number of amides is 2. The lowest BCUT2D eigenvalue weighted by molar-refractivity contribution is 0.0647. The van der Waals surface area contributed by atoms with E-state index in [4.69, 9.17) is 0 Å². The summed E-state index contributed by atoms with van der Waals surface area (Å²) < 4.78 is 0. The van der Waals surface area contributed by atoms with Gasteiger partial charge in [-0.1, -0.05) is 6.92 Å². The van der Waals surface area contributed by atoms with E-state index in [1.165, 1.54) is 6.20 Å². The molecule has 9 heteroatoms. The first-order chi connectivity index (χ1) is 15.9. The van der Waals surface area contributed by atoms with Gasteiger partial charge in [-0.15, -0.1) is 0 Å². The quantitative estimate of drug-likeness (QED) is 0.493. The van der Waals surface area contributed by atoms with E-state index >= 15 is 0 Å². The molecule has 2 atom stereocenters. The lowest BCUT2D eigenvalue weighted by Crippen LogP contribution is -2.44. The topological polar surface area (TPSA) is 115 Å². The highest BCUT2D eigenvalue weighted by Gasteiger charge is 2.32. The maximum Gasteiger partial charge on any atom is 0.274 e. The fraction of sp³-hybridized carbons (Fsp3) is 0.292. The van der Waals surface area contributed by atoms with Gasteiger partial charge in [0.05, 0.1) is 17.3 Å². The molecule has 2 amide bonds. The smallest absolute Gasteiger partial charge is 0.274 e. The fourth-order valence-electron chi connectivity index (χ4n) is 4.51. The molecule has 0 saturated carbocycles. The van der Waals surface area contributed by atoms with Gasteiger partial charge in [-0.25, -0.2) is 4.98 Å². The Morgan fingerprint density at radius 2 is 1.79 bits per heavy atom. The summed E-state index contributed by atoms with van der Waals surface area (Å²) in [5.74, 6) is -0.118. The second-order valence-electron chi connectivity index (χ2n) is 8.76. The maximum atomic E-state index is 13.4. The van der Waals surface area contributed by atoms with Crippen molar-refractivity contribution in [3.05, 3.63) is 70.4 Å². The highest BCUT2D eigenvalue weighted by molar-refractivity contribution is 5.99. The molecular formula is C24H24N6O3. The minimum absolute atomic E-state index is 0.0577. The van der Waals surface area contributed by atoms with Crippen molar-refractivity contribution in [1.29, 1.82) is 0 Å². The van der Waals surface area contributed by atoms with Crippen LogP contribution in [0.15, 0.2) is 53.7 Å². The Hall–Kier alpha value is -4.01. The number of hydrogen-bond acceptors (Lipinski definition) is 5. The second kappa shape index (κ2) is 8.16. The summed E-state index contributed by atoms with van der Waals surface area (Å²) in [4.78, 5) is 49.0. The first kappa shape index (κ1) is 20.9. The monoisotopic (exact) mass is 444 g/mol. The first-order valence-corrected chi connectivity index (χ1v) is 10.9. The van der Waals surface area contributed by atoms with Crippen molar-refractivity contribution in [2.75, 3.05) is 19.6 Å². The van der Waals surface area contributed by atoms with Gasteiger partial charge in [0.25, 0.3) is 17.4 Å². The standard InChI is InChI=1S/C24H24N6O3/c1-14-11-29(23(32)17-3-4-20-18(8-17)10-27-28-20)13-15(2)30(12-14)24(33)19-7-16-5-6-25-22(31)21(16)26-9-19/h3-10,14-15H,11-13H2,1-2H3,(H,25,31)(H,27,28). The van der Waals surface area contributed by atoms with Gasteiger partial charge in [-0.3, -0.25) is 19.5 Å². The van der Waals surface area contributed by atoms with E-state index in [1.807, 2.05) is 30.9 Å². The summed E-state index contributed by atoms with van der Waals surface area (Å²) in [6.07, 6.45) is 4.69. The van der Waals surface area contributed by atoms with Crippen LogP contribution in [0.25, 0.3) is 21.8 Å². The number of benzene rings is 1. The van der Waals surface area contributed by atoms with Crippen LogP contribution < -0.4 is 5.56 Å². The van der Waals surface area contributed by atoms with Crippen LogP contribution in [0.5, 0.6) is 0 Å². The van der Waals surface area contributed by atoms with Gasteiger partial charge < -0.3 is 14.8 Å². The number of H-pyrrole nitrogens is 2. The molecule has 1 fully saturated rings.